The van der Waals surface area contributed by atoms with Gasteiger partial charge in [0, 0.05) is 19.6 Å². The van der Waals surface area contributed by atoms with Crippen molar-refractivity contribution >= 4 is 39.8 Å². The minimum Gasteiger partial charge on any atom is -0.353 e. The summed E-state index contributed by atoms with van der Waals surface area (Å²) >= 11 is 0. The number of sulfone groups is 1. The predicted molar refractivity (Wildman–Crippen MR) is 97.0 cm³/mol. The van der Waals surface area contributed by atoms with Crippen LogP contribution in [0.1, 0.15) is 17.5 Å². The molecule has 21 heavy (non-hydrogen) atoms. The molecule has 1 aromatic carbocycles. The molecule has 1 heterocycles. The molecule has 1 aliphatic rings. The minimum atomic E-state index is -2.87. The largest absolute Gasteiger partial charge is 0.353 e. The normalized spacial score (nSPS) is 20.7. The summed E-state index contributed by atoms with van der Waals surface area (Å²) in [6.07, 6.45) is 0.646. The van der Waals surface area contributed by atoms with Crippen molar-refractivity contribution in [3.05, 3.63) is 35.4 Å². The van der Waals surface area contributed by atoms with E-state index >= 15 is 0 Å². The first kappa shape index (κ1) is 18.2. The van der Waals surface area contributed by atoms with Gasteiger partial charge in [0.2, 0.25) is 0 Å². The highest BCUT2D eigenvalue weighted by Gasteiger charge is 2.28. The molecule has 1 aliphatic heterocycles. The lowest BCUT2D eigenvalue weighted by Crippen LogP contribution is -2.43. The molecule has 1 aromatic rings. The number of aryl methyl sites for hydroxylation is 1. The summed E-state index contributed by atoms with van der Waals surface area (Å²) in [5.74, 6) is 1.10. The lowest BCUT2D eigenvalue weighted by molar-refractivity contribution is 0.599. The van der Waals surface area contributed by atoms with E-state index in [9.17, 15) is 8.42 Å². The Hall–Kier alpha value is -0.830. The van der Waals surface area contributed by atoms with E-state index in [4.69, 9.17) is 0 Å². The predicted octanol–water partition coefficient (Wildman–Crippen LogP) is 1.47. The Morgan fingerprint density at radius 1 is 1.33 bits per heavy atom. The van der Waals surface area contributed by atoms with Crippen molar-refractivity contribution in [2.24, 2.45) is 4.99 Å². The minimum absolute atomic E-state index is 0. The second-order valence-electron chi connectivity index (χ2n) is 5.16. The molecule has 0 saturated carbocycles. The van der Waals surface area contributed by atoms with E-state index in [1.807, 2.05) is 0 Å². The van der Waals surface area contributed by atoms with Gasteiger partial charge in [-0.2, -0.15) is 0 Å². The zero-order chi connectivity index (χ0) is 14.6. The molecule has 0 spiro atoms. The van der Waals surface area contributed by atoms with Gasteiger partial charge < -0.3 is 10.6 Å². The molecule has 7 heteroatoms. The third kappa shape index (κ3) is 5.82. The maximum Gasteiger partial charge on any atom is 0.191 e. The standard InChI is InChI=1S/C14H21N3O2S.HI/c1-11-3-5-12(6-4-11)9-16-14(15-2)17-13-7-8-20(18,19)10-13;/h3-6,13H,7-10H2,1-2H3,(H2,15,16,17);1H. The summed E-state index contributed by atoms with van der Waals surface area (Å²) in [7, 11) is -1.18. The summed E-state index contributed by atoms with van der Waals surface area (Å²) in [6, 6.07) is 8.22. The molecule has 1 saturated heterocycles. The van der Waals surface area contributed by atoms with Crippen LogP contribution in [0, 0.1) is 6.92 Å². The number of rotatable bonds is 3. The van der Waals surface area contributed by atoms with Crippen molar-refractivity contribution in [2.75, 3.05) is 18.6 Å². The van der Waals surface area contributed by atoms with Gasteiger partial charge in [0.15, 0.2) is 15.8 Å². The fourth-order valence-corrected chi connectivity index (χ4v) is 3.86. The zero-order valence-electron chi connectivity index (χ0n) is 12.3. The zero-order valence-corrected chi connectivity index (χ0v) is 15.4. The number of nitrogens with zero attached hydrogens (tertiary/aromatic N) is 1. The Kier molecular flexibility index (Phi) is 6.92. The number of hydrogen-bond donors (Lipinski definition) is 2. The van der Waals surface area contributed by atoms with E-state index in [1.165, 1.54) is 5.56 Å². The van der Waals surface area contributed by atoms with Crippen LogP contribution in [0.2, 0.25) is 0 Å². The second-order valence-corrected chi connectivity index (χ2v) is 7.38. The molecule has 0 radical (unpaired) electrons. The van der Waals surface area contributed by atoms with Gasteiger partial charge in [-0.25, -0.2) is 8.42 Å². The quantitative estimate of drug-likeness (QED) is 0.439. The molecule has 1 fully saturated rings. The first-order valence-corrected chi connectivity index (χ1v) is 8.54. The number of nitrogens with one attached hydrogen (secondary N) is 2. The third-order valence-corrected chi connectivity index (χ3v) is 5.15. The van der Waals surface area contributed by atoms with Crippen LogP contribution in [0.5, 0.6) is 0 Å². The number of hydrogen-bond acceptors (Lipinski definition) is 3. The molecule has 2 rings (SSSR count). The van der Waals surface area contributed by atoms with Crippen LogP contribution < -0.4 is 10.6 Å². The van der Waals surface area contributed by atoms with E-state index in [-0.39, 0.29) is 41.5 Å². The van der Waals surface area contributed by atoms with Gasteiger partial charge in [0.05, 0.1) is 11.5 Å². The lowest BCUT2D eigenvalue weighted by atomic mass is 10.1. The monoisotopic (exact) mass is 423 g/mol. The van der Waals surface area contributed by atoms with Crippen LogP contribution in [-0.4, -0.2) is 39.0 Å². The highest BCUT2D eigenvalue weighted by molar-refractivity contribution is 14.0. The fourth-order valence-electron chi connectivity index (χ4n) is 2.19. The lowest BCUT2D eigenvalue weighted by Gasteiger charge is -2.16. The topological polar surface area (TPSA) is 70.6 Å². The smallest absolute Gasteiger partial charge is 0.191 e. The van der Waals surface area contributed by atoms with E-state index < -0.39 is 9.84 Å². The first-order chi connectivity index (χ1) is 9.48. The molecule has 0 bridgehead atoms. The van der Waals surface area contributed by atoms with E-state index in [0.717, 1.165) is 5.56 Å². The van der Waals surface area contributed by atoms with Gasteiger partial charge in [0.1, 0.15) is 0 Å². The molecule has 1 unspecified atom stereocenters. The molecule has 0 aromatic heterocycles. The summed E-state index contributed by atoms with van der Waals surface area (Å²) in [4.78, 5) is 4.13. The van der Waals surface area contributed by atoms with Crippen molar-refractivity contribution in [3.8, 4) is 0 Å². The fraction of sp³-hybridized carbons (Fsp3) is 0.500. The number of guanidine groups is 1. The van der Waals surface area contributed by atoms with E-state index in [1.54, 1.807) is 7.05 Å². The van der Waals surface area contributed by atoms with Gasteiger partial charge in [-0.3, -0.25) is 4.99 Å². The average Bonchev–Trinajstić information content (AvgIpc) is 2.75. The maximum absolute atomic E-state index is 11.4. The van der Waals surface area contributed by atoms with E-state index in [2.05, 4.69) is 46.8 Å². The van der Waals surface area contributed by atoms with E-state index in [0.29, 0.717) is 18.9 Å². The highest BCUT2D eigenvalue weighted by Crippen LogP contribution is 2.11. The first-order valence-electron chi connectivity index (χ1n) is 6.72. The van der Waals surface area contributed by atoms with Crippen molar-refractivity contribution in [1.29, 1.82) is 0 Å². The summed E-state index contributed by atoms with van der Waals surface area (Å²) < 4.78 is 22.8. The third-order valence-electron chi connectivity index (χ3n) is 3.38. The van der Waals surface area contributed by atoms with Crippen molar-refractivity contribution in [1.82, 2.24) is 10.6 Å². The van der Waals surface area contributed by atoms with Crippen molar-refractivity contribution < 1.29 is 8.42 Å². The van der Waals surface area contributed by atoms with Crippen LogP contribution in [0.25, 0.3) is 0 Å². The summed E-state index contributed by atoms with van der Waals surface area (Å²) in [6.45, 7) is 2.72. The molecular weight excluding hydrogens is 401 g/mol. The molecule has 2 N–H and O–H groups in total. The Morgan fingerprint density at radius 3 is 2.52 bits per heavy atom. The van der Waals surface area contributed by atoms with Crippen LogP contribution >= 0.6 is 24.0 Å². The number of benzene rings is 1. The molecule has 0 aliphatic carbocycles. The SMILES string of the molecule is CN=C(NCc1ccc(C)cc1)NC1CCS(=O)(=O)C1.I. The Labute approximate surface area is 143 Å². The van der Waals surface area contributed by atoms with Gasteiger partial charge in [-0.15, -0.1) is 24.0 Å². The molecule has 5 nitrogen and oxygen atoms in total. The Balaban J connectivity index is 0.00000220. The molecular formula is C14H22IN3O2S. The second kappa shape index (κ2) is 7.98. The van der Waals surface area contributed by atoms with Gasteiger partial charge in [-0.1, -0.05) is 29.8 Å². The molecule has 1 atom stereocenters. The maximum atomic E-state index is 11.4. The van der Waals surface area contributed by atoms with Crippen LogP contribution in [0.15, 0.2) is 29.3 Å². The molecule has 118 valence electrons. The van der Waals surface area contributed by atoms with Crippen molar-refractivity contribution in [2.45, 2.75) is 25.9 Å². The average molecular weight is 423 g/mol. The van der Waals surface area contributed by atoms with Crippen LogP contribution in [-0.2, 0) is 16.4 Å². The number of halogens is 1. The highest BCUT2D eigenvalue weighted by atomic mass is 127. The Morgan fingerprint density at radius 2 is 2.00 bits per heavy atom. The van der Waals surface area contributed by atoms with Gasteiger partial charge in [-0.05, 0) is 18.9 Å². The van der Waals surface area contributed by atoms with Crippen LogP contribution in [0.3, 0.4) is 0 Å². The molecule has 0 amide bonds. The van der Waals surface area contributed by atoms with Crippen LogP contribution in [0.4, 0.5) is 0 Å². The van der Waals surface area contributed by atoms with Crippen molar-refractivity contribution in [3.63, 3.8) is 0 Å². The van der Waals surface area contributed by atoms with Gasteiger partial charge >= 0.3 is 0 Å². The van der Waals surface area contributed by atoms with Gasteiger partial charge in [0.25, 0.3) is 0 Å². The summed E-state index contributed by atoms with van der Waals surface area (Å²) in [5.41, 5.74) is 2.39. The Bertz CT molecular complexity index is 585. The summed E-state index contributed by atoms with van der Waals surface area (Å²) in [5, 5.41) is 6.37. The number of aliphatic imine (C=N–C) groups is 1.